The van der Waals surface area contributed by atoms with Gasteiger partial charge in [-0.2, -0.15) is 5.10 Å². The lowest BCUT2D eigenvalue weighted by atomic mass is 9.99. The van der Waals surface area contributed by atoms with Gasteiger partial charge in [-0.05, 0) is 29.5 Å². The van der Waals surface area contributed by atoms with Crippen molar-refractivity contribution in [1.29, 1.82) is 0 Å². The van der Waals surface area contributed by atoms with Gasteiger partial charge in [0.1, 0.15) is 11.5 Å². The van der Waals surface area contributed by atoms with E-state index in [1.54, 1.807) is 42.5 Å². The second kappa shape index (κ2) is 9.16. The van der Waals surface area contributed by atoms with Gasteiger partial charge >= 0.3 is 5.91 Å². The average Bonchev–Trinajstić information content (AvgIpc) is 3.32. The molecule has 2 heterocycles. The fourth-order valence-electron chi connectivity index (χ4n) is 4.00. The fraction of sp³-hybridized carbons (Fsp3) is 0.0385. The molecule has 10 heteroatoms. The number of phenolic OH excluding ortho intramolecular Hbond substituents is 1. The summed E-state index contributed by atoms with van der Waals surface area (Å²) in [6, 6.07) is 23.1. The van der Waals surface area contributed by atoms with Crippen LogP contribution < -0.4 is 10.2 Å². The summed E-state index contributed by atoms with van der Waals surface area (Å²) in [6.45, 7) is 0. The molecule has 3 N–H and O–H groups in total. The molecule has 9 nitrogen and oxygen atoms in total. The summed E-state index contributed by atoms with van der Waals surface area (Å²) in [4.78, 5) is 38.9. The number of amides is 2. The smallest absolute Gasteiger partial charge is 0.301 e. The molecule has 1 unspecified atom stereocenters. The topological polar surface area (TPSA) is 132 Å². The molecule has 0 bridgehead atoms. The maximum absolute atomic E-state index is 13.5. The van der Waals surface area contributed by atoms with Crippen molar-refractivity contribution in [2.45, 2.75) is 4.87 Å². The maximum Gasteiger partial charge on any atom is 0.301 e. The van der Waals surface area contributed by atoms with Crippen molar-refractivity contribution >= 4 is 52.2 Å². The largest absolute Gasteiger partial charge is 0.507 e. The van der Waals surface area contributed by atoms with Crippen LogP contribution in [0.25, 0.3) is 5.76 Å². The van der Waals surface area contributed by atoms with E-state index in [4.69, 9.17) is 0 Å². The third-order valence-electron chi connectivity index (χ3n) is 5.61. The van der Waals surface area contributed by atoms with E-state index in [0.717, 1.165) is 22.2 Å². The van der Waals surface area contributed by atoms with Crippen molar-refractivity contribution in [3.63, 3.8) is 0 Å². The maximum atomic E-state index is 13.5. The Balaban J connectivity index is 1.67. The van der Waals surface area contributed by atoms with E-state index < -0.39 is 33.8 Å². The van der Waals surface area contributed by atoms with Gasteiger partial charge in [-0.25, -0.2) is 0 Å². The quantitative estimate of drug-likeness (QED) is 0.166. The van der Waals surface area contributed by atoms with Gasteiger partial charge in [-0.3, -0.25) is 19.3 Å². The summed E-state index contributed by atoms with van der Waals surface area (Å²) in [6.07, 6.45) is 1.48. The summed E-state index contributed by atoms with van der Waals surface area (Å²) in [5.74, 6) is -3.79. The van der Waals surface area contributed by atoms with Crippen molar-refractivity contribution in [3.8, 4) is 5.75 Å². The highest BCUT2D eigenvalue weighted by Gasteiger charge is 2.66. The molecule has 36 heavy (non-hydrogen) atoms. The lowest BCUT2D eigenvalue weighted by Gasteiger charge is -2.31. The van der Waals surface area contributed by atoms with Crippen molar-refractivity contribution in [2.75, 3.05) is 4.90 Å². The Morgan fingerprint density at radius 1 is 0.917 bits per heavy atom. The number of para-hydroxylation sites is 2. The summed E-state index contributed by atoms with van der Waals surface area (Å²) in [5.41, 5.74) is 0.522. The highest BCUT2D eigenvalue weighted by atomic mass is 32.2. The molecule has 3 aromatic rings. The second-order valence-corrected chi connectivity index (χ2v) is 8.99. The standard InChI is InChI=1S/C26H18N4O5S/c31-19-14-8-7-13-18(19)30-23(34)22(33)20(21(32)17-11-5-2-6-12-17)26(30)24(35)28-25(36-26)29-27-15-16-9-3-1-4-10-16/h1-15,31-32H,(H,28,29,35)/b21-20-,27-15?. The van der Waals surface area contributed by atoms with E-state index in [1.165, 1.54) is 18.3 Å². The van der Waals surface area contributed by atoms with Crippen LogP contribution in [-0.4, -0.2) is 44.1 Å². The number of hydrogen-bond donors (Lipinski definition) is 3. The van der Waals surface area contributed by atoms with Gasteiger partial charge in [0.2, 0.25) is 4.87 Å². The Labute approximate surface area is 209 Å². The van der Waals surface area contributed by atoms with E-state index in [0.29, 0.717) is 0 Å². The van der Waals surface area contributed by atoms with Crippen LogP contribution in [0, 0.1) is 0 Å². The summed E-state index contributed by atoms with van der Waals surface area (Å²) < 4.78 is 0. The van der Waals surface area contributed by atoms with Crippen LogP contribution in [-0.2, 0) is 14.4 Å². The molecule has 2 saturated heterocycles. The van der Waals surface area contributed by atoms with Gasteiger partial charge < -0.3 is 15.5 Å². The van der Waals surface area contributed by atoms with Crippen LogP contribution in [0.5, 0.6) is 5.75 Å². The zero-order chi connectivity index (χ0) is 25.3. The Hall–Kier alpha value is -4.70. The molecule has 0 aromatic heterocycles. The summed E-state index contributed by atoms with van der Waals surface area (Å²) in [5, 5.41) is 32.3. The molecule has 2 fully saturated rings. The molecule has 178 valence electrons. The van der Waals surface area contributed by atoms with Gasteiger partial charge in [0.15, 0.2) is 5.17 Å². The number of nitrogens with zero attached hydrogens (tertiary/aromatic N) is 3. The first-order valence-corrected chi connectivity index (χ1v) is 11.6. The van der Waals surface area contributed by atoms with E-state index in [2.05, 4.69) is 15.5 Å². The Bertz CT molecular complexity index is 1470. The highest BCUT2D eigenvalue weighted by molar-refractivity contribution is 8.16. The van der Waals surface area contributed by atoms with Crippen molar-refractivity contribution in [1.82, 2.24) is 5.32 Å². The van der Waals surface area contributed by atoms with Crippen molar-refractivity contribution in [2.24, 2.45) is 10.2 Å². The number of aromatic hydroxyl groups is 1. The van der Waals surface area contributed by atoms with Gasteiger partial charge in [0.05, 0.1) is 17.5 Å². The third-order valence-corrected chi connectivity index (χ3v) is 6.86. The number of carbonyl (C=O) groups excluding carboxylic acids is 3. The predicted molar refractivity (Wildman–Crippen MR) is 137 cm³/mol. The number of carbonyl (C=O) groups is 3. The first-order chi connectivity index (χ1) is 17.4. The zero-order valence-electron chi connectivity index (χ0n) is 18.5. The van der Waals surface area contributed by atoms with E-state index in [1.807, 2.05) is 30.3 Å². The normalized spacial score (nSPS) is 22.2. The number of rotatable bonds is 4. The van der Waals surface area contributed by atoms with Gasteiger partial charge in [0.25, 0.3) is 11.7 Å². The molecule has 0 saturated carbocycles. The SMILES string of the molecule is O=C1C(=O)N(c2ccccc2O)C2(SC(=NN=Cc3ccccc3)NC2=O)/C1=C(\O)c1ccccc1. The first-order valence-electron chi connectivity index (χ1n) is 10.8. The van der Waals surface area contributed by atoms with Crippen LogP contribution in [0.15, 0.2) is 101 Å². The molecular formula is C26H18N4O5S. The molecule has 2 aliphatic heterocycles. The number of aliphatic hydroxyl groups is 1. The number of ketones is 1. The highest BCUT2D eigenvalue weighted by Crippen LogP contribution is 2.51. The van der Waals surface area contributed by atoms with Gasteiger partial charge in [-0.15, -0.1) is 5.10 Å². The molecule has 2 aliphatic rings. The first kappa shape index (κ1) is 23.1. The predicted octanol–water partition coefficient (Wildman–Crippen LogP) is 3.23. The van der Waals surface area contributed by atoms with Crippen LogP contribution >= 0.6 is 11.8 Å². The molecule has 5 rings (SSSR count). The van der Waals surface area contributed by atoms with E-state index >= 15 is 0 Å². The third kappa shape index (κ3) is 3.73. The number of anilines is 1. The molecule has 1 atom stereocenters. The molecule has 1 spiro atoms. The minimum Gasteiger partial charge on any atom is -0.507 e. The van der Waals surface area contributed by atoms with Crippen molar-refractivity contribution < 1.29 is 24.6 Å². The second-order valence-electron chi connectivity index (χ2n) is 7.81. The van der Waals surface area contributed by atoms with Crippen LogP contribution in [0.4, 0.5) is 5.69 Å². The number of nitrogens with one attached hydrogen (secondary N) is 1. The summed E-state index contributed by atoms with van der Waals surface area (Å²) in [7, 11) is 0. The van der Waals surface area contributed by atoms with E-state index in [9.17, 15) is 24.6 Å². The number of aliphatic hydroxyl groups excluding tert-OH is 1. The number of phenols is 1. The zero-order valence-corrected chi connectivity index (χ0v) is 19.3. The van der Waals surface area contributed by atoms with Crippen molar-refractivity contribution in [3.05, 3.63) is 102 Å². The molecule has 0 aliphatic carbocycles. The van der Waals surface area contributed by atoms with Crippen LogP contribution in [0.3, 0.4) is 0 Å². The monoisotopic (exact) mass is 498 g/mol. The fourth-order valence-corrected chi connectivity index (χ4v) is 5.21. The Morgan fingerprint density at radius 3 is 2.25 bits per heavy atom. The number of Topliss-reactive ketones (excluding diaryl/α,β-unsaturated/α-hetero) is 1. The minimum atomic E-state index is -2.06. The molecule has 3 aromatic carbocycles. The number of hydrogen-bond acceptors (Lipinski definition) is 8. The number of amidine groups is 1. The Kier molecular flexibility index (Phi) is 5.87. The van der Waals surface area contributed by atoms with Crippen LogP contribution in [0.1, 0.15) is 11.1 Å². The summed E-state index contributed by atoms with van der Waals surface area (Å²) >= 11 is 0.745. The number of thioether (sulfide) groups is 1. The Morgan fingerprint density at radius 2 is 1.56 bits per heavy atom. The van der Waals surface area contributed by atoms with Crippen LogP contribution in [0.2, 0.25) is 0 Å². The van der Waals surface area contributed by atoms with Gasteiger partial charge in [-0.1, -0.05) is 72.8 Å². The minimum absolute atomic E-state index is 0.00784. The molecule has 2 amide bonds. The van der Waals surface area contributed by atoms with E-state index in [-0.39, 0.29) is 22.2 Å². The lowest BCUT2D eigenvalue weighted by molar-refractivity contribution is -0.132. The van der Waals surface area contributed by atoms with Gasteiger partial charge in [0, 0.05) is 5.56 Å². The average molecular weight is 499 g/mol. The number of benzene rings is 3. The lowest BCUT2D eigenvalue weighted by Crippen LogP contribution is -2.50. The molecular weight excluding hydrogens is 480 g/mol. The molecule has 0 radical (unpaired) electrons.